The minimum Gasteiger partial charge on any atom is -0.465 e. The summed E-state index contributed by atoms with van der Waals surface area (Å²) in [6.07, 6.45) is 0. The van der Waals surface area contributed by atoms with Crippen LogP contribution in [0, 0.1) is 13.8 Å². The van der Waals surface area contributed by atoms with Gasteiger partial charge in [0, 0.05) is 13.1 Å². The number of carbonyl (C=O) groups excluding carboxylic acids is 2. The Bertz CT molecular complexity index is 1000. The molecule has 0 fully saturated rings. The Labute approximate surface area is 170 Å². The standard InChI is InChI=1S/C20H25NO7S/c1-6-21(7-2)29(24,25)16-9-8-13(3)17(11-16)20(23)27-12-15-10-18(14(4)28-15)19(22)26-5/h8-11H,6-7,12H2,1-5H3. The van der Waals surface area contributed by atoms with Crippen LogP contribution in [0.4, 0.5) is 0 Å². The molecular weight excluding hydrogens is 398 g/mol. The van der Waals surface area contributed by atoms with E-state index in [9.17, 15) is 18.0 Å². The average Bonchev–Trinajstić information content (AvgIpc) is 3.07. The maximum Gasteiger partial charge on any atom is 0.341 e. The van der Waals surface area contributed by atoms with Crippen molar-refractivity contribution in [2.24, 2.45) is 0 Å². The first-order valence-electron chi connectivity index (χ1n) is 9.11. The highest BCUT2D eigenvalue weighted by atomic mass is 32.2. The largest absolute Gasteiger partial charge is 0.465 e. The summed E-state index contributed by atoms with van der Waals surface area (Å²) in [6, 6.07) is 5.80. The van der Waals surface area contributed by atoms with Crippen molar-refractivity contribution in [2.45, 2.75) is 39.2 Å². The molecule has 0 saturated carbocycles. The lowest BCUT2D eigenvalue weighted by molar-refractivity contribution is 0.0442. The third-order valence-corrected chi connectivity index (χ3v) is 6.54. The highest BCUT2D eigenvalue weighted by Gasteiger charge is 2.24. The van der Waals surface area contributed by atoms with Gasteiger partial charge in [-0.3, -0.25) is 0 Å². The molecule has 0 N–H and O–H groups in total. The molecule has 0 spiro atoms. The number of hydrogen-bond donors (Lipinski definition) is 0. The monoisotopic (exact) mass is 423 g/mol. The van der Waals surface area contributed by atoms with E-state index in [2.05, 4.69) is 4.74 Å². The van der Waals surface area contributed by atoms with Crippen LogP contribution in [-0.2, 0) is 26.1 Å². The van der Waals surface area contributed by atoms with Crippen LogP contribution in [0.2, 0.25) is 0 Å². The summed E-state index contributed by atoms with van der Waals surface area (Å²) in [4.78, 5) is 24.2. The number of carbonyl (C=O) groups is 2. The second-order valence-electron chi connectivity index (χ2n) is 6.32. The van der Waals surface area contributed by atoms with Gasteiger partial charge in [-0.05, 0) is 37.6 Å². The molecule has 29 heavy (non-hydrogen) atoms. The van der Waals surface area contributed by atoms with Crippen molar-refractivity contribution in [2.75, 3.05) is 20.2 Å². The first kappa shape index (κ1) is 22.6. The van der Waals surface area contributed by atoms with Gasteiger partial charge in [-0.25, -0.2) is 18.0 Å². The Balaban J connectivity index is 2.22. The molecule has 0 bridgehead atoms. The molecule has 1 aromatic carbocycles. The lowest BCUT2D eigenvalue weighted by Gasteiger charge is -2.19. The predicted molar refractivity (Wildman–Crippen MR) is 105 cm³/mol. The zero-order valence-corrected chi connectivity index (χ0v) is 18.0. The van der Waals surface area contributed by atoms with Gasteiger partial charge >= 0.3 is 11.9 Å². The predicted octanol–water partition coefficient (Wildman–Crippen LogP) is 3.07. The maximum absolute atomic E-state index is 12.7. The number of methoxy groups -OCH3 is 1. The highest BCUT2D eigenvalue weighted by Crippen LogP contribution is 2.21. The summed E-state index contributed by atoms with van der Waals surface area (Å²) in [6.45, 7) is 7.24. The van der Waals surface area contributed by atoms with Gasteiger partial charge in [0.25, 0.3) is 0 Å². The first-order valence-corrected chi connectivity index (χ1v) is 10.5. The molecule has 0 saturated heterocycles. The van der Waals surface area contributed by atoms with Crippen molar-refractivity contribution in [3.8, 4) is 0 Å². The van der Waals surface area contributed by atoms with Gasteiger partial charge in [0.05, 0.1) is 17.6 Å². The summed E-state index contributed by atoms with van der Waals surface area (Å²) >= 11 is 0. The number of aryl methyl sites for hydroxylation is 2. The third-order valence-electron chi connectivity index (χ3n) is 4.49. The van der Waals surface area contributed by atoms with Gasteiger partial charge in [0.1, 0.15) is 23.7 Å². The number of hydrogen-bond acceptors (Lipinski definition) is 7. The van der Waals surface area contributed by atoms with Gasteiger partial charge in [0.15, 0.2) is 0 Å². The number of ether oxygens (including phenoxy) is 2. The van der Waals surface area contributed by atoms with E-state index in [4.69, 9.17) is 9.15 Å². The Kier molecular flexibility index (Phi) is 7.21. The fraction of sp³-hybridized carbons (Fsp3) is 0.400. The Hall–Kier alpha value is -2.65. The lowest BCUT2D eigenvalue weighted by Crippen LogP contribution is -2.30. The van der Waals surface area contributed by atoms with Crippen LogP contribution in [0.5, 0.6) is 0 Å². The van der Waals surface area contributed by atoms with Gasteiger partial charge in [-0.1, -0.05) is 19.9 Å². The highest BCUT2D eigenvalue weighted by molar-refractivity contribution is 7.89. The summed E-state index contributed by atoms with van der Waals surface area (Å²) in [7, 11) is -2.44. The van der Waals surface area contributed by atoms with E-state index in [0.717, 1.165) is 0 Å². The van der Waals surface area contributed by atoms with E-state index in [-0.39, 0.29) is 28.4 Å². The van der Waals surface area contributed by atoms with Crippen LogP contribution in [-0.4, -0.2) is 44.9 Å². The van der Waals surface area contributed by atoms with Crippen molar-refractivity contribution >= 4 is 22.0 Å². The smallest absolute Gasteiger partial charge is 0.341 e. The van der Waals surface area contributed by atoms with Crippen LogP contribution in [0.1, 0.15) is 51.6 Å². The molecule has 0 aliphatic heterocycles. The van der Waals surface area contributed by atoms with Gasteiger partial charge in [-0.2, -0.15) is 4.31 Å². The van der Waals surface area contributed by atoms with Gasteiger partial charge in [-0.15, -0.1) is 0 Å². The van der Waals surface area contributed by atoms with E-state index in [1.54, 1.807) is 33.8 Å². The molecule has 0 unspecified atom stereocenters. The third kappa shape index (κ3) is 4.86. The van der Waals surface area contributed by atoms with Crippen molar-refractivity contribution in [3.63, 3.8) is 0 Å². The zero-order chi connectivity index (χ0) is 21.8. The Morgan fingerprint density at radius 1 is 1.03 bits per heavy atom. The quantitative estimate of drug-likeness (QED) is 0.601. The molecule has 158 valence electrons. The number of sulfonamides is 1. The molecule has 2 aromatic rings. The summed E-state index contributed by atoms with van der Waals surface area (Å²) in [5.41, 5.74) is 0.983. The van der Waals surface area contributed by atoms with Crippen molar-refractivity contribution in [3.05, 3.63) is 52.5 Å². The molecule has 1 aromatic heterocycles. The maximum atomic E-state index is 12.7. The molecule has 0 atom stereocenters. The minimum absolute atomic E-state index is 0.0283. The first-order chi connectivity index (χ1) is 13.6. The normalized spacial score (nSPS) is 11.5. The second kappa shape index (κ2) is 9.23. The number of furan rings is 1. The molecule has 1 heterocycles. The number of benzene rings is 1. The zero-order valence-electron chi connectivity index (χ0n) is 17.1. The summed E-state index contributed by atoms with van der Waals surface area (Å²) < 4.78 is 42.1. The van der Waals surface area contributed by atoms with Crippen molar-refractivity contribution in [1.82, 2.24) is 4.31 Å². The van der Waals surface area contributed by atoms with Crippen LogP contribution < -0.4 is 0 Å². The molecule has 9 heteroatoms. The Morgan fingerprint density at radius 3 is 2.28 bits per heavy atom. The summed E-state index contributed by atoms with van der Waals surface area (Å²) in [5.74, 6) is -0.603. The SMILES string of the molecule is CCN(CC)S(=O)(=O)c1ccc(C)c(C(=O)OCc2cc(C(=O)OC)c(C)o2)c1. The van der Waals surface area contributed by atoms with Crippen LogP contribution in [0.25, 0.3) is 0 Å². The molecule has 0 aliphatic carbocycles. The van der Waals surface area contributed by atoms with E-state index >= 15 is 0 Å². The van der Waals surface area contributed by atoms with Crippen LogP contribution >= 0.6 is 0 Å². The summed E-state index contributed by atoms with van der Waals surface area (Å²) in [5, 5.41) is 0. The molecule has 2 rings (SSSR count). The van der Waals surface area contributed by atoms with E-state index < -0.39 is 22.0 Å². The second-order valence-corrected chi connectivity index (χ2v) is 8.25. The topological polar surface area (TPSA) is 103 Å². The van der Waals surface area contributed by atoms with E-state index in [1.165, 1.54) is 29.6 Å². The molecule has 0 amide bonds. The van der Waals surface area contributed by atoms with Gasteiger partial charge in [0.2, 0.25) is 10.0 Å². The number of rotatable bonds is 8. The number of nitrogens with zero attached hydrogens (tertiary/aromatic N) is 1. The number of esters is 2. The van der Waals surface area contributed by atoms with Crippen molar-refractivity contribution in [1.29, 1.82) is 0 Å². The van der Waals surface area contributed by atoms with Crippen LogP contribution in [0.3, 0.4) is 0 Å². The van der Waals surface area contributed by atoms with E-state index in [1.807, 2.05) is 0 Å². The van der Waals surface area contributed by atoms with Crippen molar-refractivity contribution < 1.29 is 31.9 Å². The van der Waals surface area contributed by atoms with E-state index in [0.29, 0.717) is 24.4 Å². The fourth-order valence-electron chi connectivity index (χ4n) is 2.84. The molecular formula is C20H25NO7S. The molecule has 0 radical (unpaired) electrons. The fourth-order valence-corrected chi connectivity index (χ4v) is 4.32. The minimum atomic E-state index is -3.70. The lowest BCUT2D eigenvalue weighted by atomic mass is 10.1. The average molecular weight is 423 g/mol. The van der Waals surface area contributed by atoms with Gasteiger partial charge < -0.3 is 13.9 Å². The Morgan fingerprint density at radius 2 is 1.69 bits per heavy atom. The molecule has 0 aliphatic rings. The van der Waals surface area contributed by atoms with Crippen LogP contribution in [0.15, 0.2) is 33.6 Å². The molecule has 8 nitrogen and oxygen atoms in total.